The van der Waals surface area contributed by atoms with Gasteiger partial charge in [-0.3, -0.25) is 9.59 Å². The van der Waals surface area contributed by atoms with E-state index in [1.165, 1.54) is 0 Å². The monoisotopic (exact) mass is 599 g/mol. The van der Waals surface area contributed by atoms with Gasteiger partial charge in [-0.1, -0.05) is 78.9 Å². The summed E-state index contributed by atoms with van der Waals surface area (Å²) in [4.78, 5) is 55.7. The molecule has 4 aromatic rings. The number of carbonyl (C=O) groups is 4. The summed E-state index contributed by atoms with van der Waals surface area (Å²) in [5, 5.41) is 6.11. The number of hydrogen-bond donors (Lipinski definition) is 3. The number of para-hydroxylation sites is 1. The zero-order valence-electron chi connectivity index (χ0n) is 25.0. The highest BCUT2D eigenvalue weighted by molar-refractivity contribution is 5.92. The van der Waals surface area contributed by atoms with Crippen molar-refractivity contribution in [3.63, 3.8) is 0 Å². The molecular weight excluding hydrogens is 562 g/mol. The van der Waals surface area contributed by atoms with E-state index in [0.717, 1.165) is 27.6 Å². The molecule has 10 heteroatoms. The Morgan fingerprint density at radius 2 is 1.34 bits per heavy atom. The Morgan fingerprint density at radius 3 is 1.98 bits per heavy atom. The van der Waals surface area contributed by atoms with Gasteiger partial charge in [-0.25, -0.2) is 9.59 Å². The minimum atomic E-state index is -1.37. The van der Waals surface area contributed by atoms with Crippen LogP contribution in [0.15, 0.2) is 91.1 Å². The van der Waals surface area contributed by atoms with Crippen LogP contribution < -0.4 is 10.6 Å². The Labute approximate surface area is 256 Å². The van der Waals surface area contributed by atoms with Gasteiger partial charge >= 0.3 is 18.0 Å². The van der Waals surface area contributed by atoms with Gasteiger partial charge in [0.05, 0.1) is 6.42 Å². The Bertz CT molecular complexity index is 1560. The third kappa shape index (κ3) is 9.72. The van der Waals surface area contributed by atoms with E-state index < -0.39 is 48.0 Å². The first-order chi connectivity index (χ1) is 21.1. The van der Waals surface area contributed by atoms with Gasteiger partial charge in [0.25, 0.3) is 0 Å². The van der Waals surface area contributed by atoms with Crippen LogP contribution in [0, 0.1) is 0 Å². The van der Waals surface area contributed by atoms with Crippen LogP contribution in [0.1, 0.15) is 43.9 Å². The number of fused-ring (bicyclic) bond motifs is 1. The summed E-state index contributed by atoms with van der Waals surface area (Å²) in [5.74, 6) is -2.22. The van der Waals surface area contributed by atoms with Crippen LogP contribution in [-0.4, -0.2) is 46.6 Å². The average molecular weight is 600 g/mol. The molecule has 0 fully saturated rings. The molecule has 0 saturated carbocycles. The maximum absolute atomic E-state index is 13.7. The highest BCUT2D eigenvalue weighted by Crippen LogP contribution is 2.20. The standard InChI is InChI=1S/C34H37N3O7/c1-34(2,3)44-33(41)37-28(18-25-20-35-27-17-11-10-16-26(25)27)31(39)36-29(32(40)43-22-24-14-8-5-9-15-24)19-30(38)42-21-23-12-6-4-7-13-23/h4-17,20,28-29,35H,18-19,21-22H2,1-3H3,(H,36,39)(H,37,41)/t28-,29-/m0/s1. The molecular formula is C34H37N3O7. The Hall–Kier alpha value is -5.12. The van der Waals surface area contributed by atoms with Crippen molar-refractivity contribution in [3.05, 3.63) is 108 Å². The number of esters is 2. The summed E-state index contributed by atoms with van der Waals surface area (Å²) in [7, 11) is 0. The molecule has 1 heterocycles. The molecule has 2 amide bonds. The van der Waals surface area contributed by atoms with Crippen molar-refractivity contribution in [3.8, 4) is 0 Å². The number of hydrogen-bond acceptors (Lipinski definition) is 7. The number of H-pyrrole nitrogens is 1. The fourth-order valence-corrected chi connectivity index (χ4v) is 4.44. The fourth-order valence-electron chi connectivity index (χ4n) is 4.44. The molecule has 0 saturated heterocycles. The summed E-state index contributed by atoms with van der Waals surface area (Å²) < 4.78 is 16.2. The number of aromatic amines is 1. The second-order valence-electron chi connectivity index (χ2n) is 11.3. The van der Waals surface area contributed by atoms with Crippen LogP contribution in [0.5, 0.6) is 0 Å². The Morgan fingerprint density at radius 1 is 0.750 bits per heavy atom. The predicted molar refractivity (Wildman–Crippen MR) is 164 cm³/mol. The first-order valence-electron chi connectivity index (χ1n) is 14.3. The number of nitrogens with one attached hydrogen (secondary N) is 3. The number of aromatic nitrogens is 1. The van der Waals surface area contributed by atoms with Gasteiger partial charge in [-0.15, -0.1) is 0 Å². The van der Waals surface area contributed by atoms with Crippen molar-refractivity contribution in [2.45, 2.75) is 64.5 Å². The number of ether oxygens (including phenoxy) is 3. The van der Waals surface area contributed by atoms with E-state index in [1.54, 1.807) is 63.4 Å². The maximum atomic E-state index is 13.7. The minimum absolute atomic E-state index is 0.00277. The molecule has 10 nitrogen and oxygen atoms in total. The lowest BCUT2D eigenvalue weighted by Crippen LogP contribution is -2.54. The van der Waals surface area contributed by atoms with Gasteiger partial charge < -0.3 is 29.8 Å². The van der Waals surface area contributed by atoms with E-state index in [9.17, 15) is 19.2 Å². The molecule has 3 aromatic carbocycles. The molecule has 0 bridgehead atoms. The predicted octanol–water partition coefficient (Wildman–Crippen LogP) is 4.97. The maximum Gasteiger partial charge on any atom is 0.408 e. The van der Waals surface area contributed by atoms with Crippen molar-refractivity contribution >= 4 is 34.8 Å². The van der Waals surface area contributed by atoms with Crippen LogP contribution in [0.4, 0.5) is 4.79 Å². The van der Waals surface area contributed by atoms with Gasteiger partial charge in [-0.2, -0.15) is 0 Å². The molecule has 2 atom stereocenters. The topological polar surface area (TPSA) is 136 Å². The third-order valence-electron chi connectivity index (χ3n) is 6.54. The summed E-state index contributed by atoms with van der Waals surface area (Å²) in [6.07, 6.45) is 0.564. The number of benzene rings is 3. The van der Waals surface area contributed by atoms with E-state index in [0.29, 0.717) is 0 Å². The van der Waals surface area contributed by atoms with Crippen molar-refractivity contribution in [1.29, 1.82) is 0 Å². The SMILES string of the molecule is CC(C)(C)OC(=O)N[C@@H](Cc1c[nH]c2ccccc12)C(=O)N[C@@H](CC(=O)OCc1ccccc1)C(=O)OCc1ccccc1. The van der Waals surface area contributed by atoms with Crippen LogP contribution in [0.2, 0.25) is 0 Å². The van der Waals surface area contributed by atoms with E-state index in [1.807, 2.05) is 48.5 Å². The third-order valence-corrected chi connectivity index (χ3v) is 6.54. The van der Waals surface area contributed by atoms with Crippen molar-refractivity contribution in [1.82, 2.24) is 15.6 Å². The number of alkyl carbamates (subject to hydrolysis) is 1. The first kappa shape index (κ1) is 31.8. The lowest BCUT2D eigenvalue weighted by Gasteiger charge is -2.25. The molecule has 0 aliphatic heterocycles. The lowest BCUT2D eigenvalue weighted by molar-refractivity contribution is -0.155. The van der Waals surface area contributed by atoms with Crippen LogP contribution in [0.3, 0.4) is 0 Å². The quantitative estimate of drug-likeness (QED) is 0.155. The van der Waals surface area contributed by atoms with E-state index in [2.05, 4.69) is 15.6 Å². The van der Waals surface area contributed by atoms with E-state index in [-0.39, 0.29) is 19.6 Å². The fraction of sp³-hybridized carbons (Fsp3) is 0.294. The molecule has 0 aliphatic rings. The van der Waals surface area contributed by atoms with Crippen molar-refractivity contribution in [2.24, 2.45) is 0 Å². The van der Waals surface area contributed by atoms with Crippen LogP contribution >= 0.6 is 0 Å². The summed E-state index contributed by atoms with van der Waals surface area (Å²) >= 11 is 0. The lowest BCUT2D eigenvalue weighted by atomic mass is 10.0. The first-order valence-corrected chi connectivity index (χ1v) is 14.3. The molecule has 3 N–H and O–H groups in total. The van der Waals surface area contributed by atoms with Crippen molar-refractivity contribution in [2.75, 3.05) is 0 Å². The smallest absolute Gasteiger partial charge is 0.408 e. The normalized spacial score (nSPS) is 12.5. The number of rotatable bonds is 12. The highest BCUT2D eigenvalue weighted by Gasteiger charge is 2.32. The molecule has 4 rings (SSSR count). The Balaban J connectivity index is 1.52. The zero-order chi connectivity index (χ0) is 31.5. The second-order valence-corrected chi connectivity index (χ2v) is 11.3. The summed E-state index contributed by atoms with van der Waals surface area (Å²) in [6.45, 7) is 5.08. The van der Waals surface area contributed by atoms with Gasteiger partial charge in [0.15, 0.2) is 0 Å². The van der Waals surface area contributed by atoms with Gasteiger partial charge in [0, 0.05) is 23.5 Å². The second kappa shape index (κ2) is 14.9. The number of amides is 2. The molecule has 0 radical (unpaired) electrons. The minimum Gasteiger partial charge on any atom is -0.461 e. The van der Waals surface area contributed by atoms with Gasteiger partial charge in [0.1, 0.15) is 30.9 Å². The molecule has 1 aromatic heterocycles. The molecule has 0 unspecified atom stereocenters. The summed E-state index contributed by atoms with van der Waals surface area (Å²) in [6, 6.07) is 23.1. The molecule has 230 valence electrons. The molecule has 0 spiro atoms. The van der Waals surface area contributed by atoms with Gasteiger partial charge in [-0.05, 0) is 43.5 Å². The van der Waals surface area contributed by atoms with E-state index in [4.69, 9.17) is 14.2 Å². The highest BCUT2D eigenvalue weighted by atomic mass is 16.6. The van der Waals surface area contributed by atoms with Crippen LogP contribution in [-0.2, 0) is 48.2 Å². The zero-order valence-corrected chi connectivity index (χ0v) is 25.0. The van der Waals surface area contributed by atoms with Crippen LogP contribution in [0.25, 0.3) is 10.9 Å². The average Bonchev–Trinajstić information content (AvgIpc) is 3.41. The van der Waals surface area contributed by atoms with E-state index >= 15 is 0 Å². The molecule has 44 heavy (non-hydrogen) atoms. The molecule has 0 aliphatic carbocycles. The largest absolute Gasteiger partial charge is 0.461 e. The Kier molecular flexibility index (Phi) is 10.7. The van der Waals surface area contributed by atoms with Gasteiger partial charge in [0.2, 0.25) is 5.91 Å². The number of carbonyl (C=O) groups excluding carboxylic acids is 4. The summed E-state index contributed by atoms with van der Waals surface area (Å²) in [5.41, 5.74) is 2.33. The van der Waals surface area contributed by atoms with Crippen molar-refractivity contribution < 1.29 is 33.4 Å².